The average Bonchev–Trinajstić information content (AvgIpc) is 1.83. The van der Waals surface area contributed by atoms with Crippen LogP contribution >= 0.6 is 11.8 Å². The van der Waals surface area contributed by atoms with E-state index in [-0.39, 0.29) is 56.6 Å². The van der Waals surface area contributed by atoms with Gasteiger partial charge in [-0.3, -0.25) is 0 Å². The van der Waals surface area contributed by atoms with Gasteiger partial charge in [-0.2, -0.15) is 11.8 Å². The Kier molecular flexibility index (Phi) is 11.0. The van der Waals surface area contributed by atoms with Crippen molar-refractivity contribution in [2.75, 3.05) is 12.2 Å². The largest absolute Gasteiger partial charge is 1.00 e. The van der Waals surface area contributed by atoms with Crippen molar-refractivity contribution in [2.45, 2.75) is 18.6 Å². The van der Waals surface area contributed by atoms with Gasteiger partial charge >= 0.3 is 58.4 Å². The van der Waals surface area contributed by atoms with Crippen molar-refractivity contribution in [3.05, 3.63) is 0 Å². The monoisotopic (exact) mass is 225 g/mol. The minimum absolute atomic E-state index is 0. The quantitative estimate of drug-likeness (QED) is 0.598. The second-order valence-corrected chi connectivity index (χ2v) is 3.90. The van der Waals surface area contributed by atoms with E-state index < -0.39 is 12.6 Å². The van der Waals surface area contributed by atoms with Crippen LogP contribution in [-0.2, 0) is 0 Å². The summed E-state index contributed by atoms with van der Waals surface area (Å²) in [4.78, 5) is 0. The molecule has 0 aliphatic heterocycles. The first-order chi connectivity index (χ1) is 4.95. The van der Waals surface area contributed by atoms with Gasteiger partial charge in [0.05, 0.1) is 0 Å². The van der Waals surface area contributed by atoms with E-state index in [4.69, 9.17) is 5.73 Å². The first-order valence-electron chi connectivity index (χ1n) is 3.48. The van der Waals surface area contributed by atoms with Gasteiger partial charge in [0, 0.05) is 5.25 Å². The standard InChI is InChI=1S/C5H12BF3NS.K/c1-5(2-3-10)11-4-6(7,8)9;/h5H,2-4,10H2,1H3;/q-1;+1. The molecule has 68 valence electrons. The van der Waals surface area contributed by atoms with Crippen molar-refractivity contribution in [1.82, 2.24) is 0 Å². The van der Waals surface area contributed by atoms with Crippen LogP contribution in [-0.4, -0.2) is 24.4 Å². The van der Waals surface area contributed by atoms with E-state index in [0.29, 0.717) is 13.0 Å². The maximum absolute atomic E-state index is 11.7. The maximum Gasteiger partial charge on any atom is 1.00 e. The molecule has 0 bridgehead atoms. The zero-order valence-electron chi connectivity index (χ0n) is 7.40. The van der Waals surface area contributed by atoms with Gasteiger partial charge < -0.3 is 18.7 Å². The molecule has 0 saturated heterocycles. The van der Waals surface area contributed by atoms with Gasteiger partial charge in [-0.15, -0.1) is 0 Å². The van der Waals surface area contributed by atoms with E-state index in [2.05, 4.69) is 0 Å². The van der Waals surface area contributed by atoms with Crippen molar-refractivity contribution < 1.29 is 64.3 Å². The Hall–Kier alpha value is 1.80. The average molecular weight is 225 g/mol. The van der Waals surface area contributed by atoms with E-state index in [1.54, 1.807) is 6.92 Å². The molecule has 0 radical (unpaired) electrons. The van der Waals surface area contributed by atoms with Crippen LogP contribution in [0.2, 0.25) is 0 Å². The third-order valence-corrected chi connectivity index (χ3v) is 2.52. The molecule has 7 heteroatoms. The second kappa shape index (κ2) is 8.14. The molecule has 0 aromatic carbocycles. The zero-order chi connectivity index (χ0) is 8.91. The number of thioether (sulfide) groups is 1. The normalized spacial score (nSPS) is 13.8. The second-order valence-electron chi connectivity index (χ2n) is 2.43. The molecule has 0 aromatic rings. The third kappa shape index (κ3) is 11.8. The van der Waals surface area contributed by atoms with Crippen molar-refractivity contribution in [1.29, 1.82) is 0 Å². The molecule has 0 spiro atoms. The summed E-state index contributed by atoms with van der Waals surface area (Å²) in [6, 6.07) is 0. The molecule has 0 aliphatic rings. The molecule has 0 fully saturated rings. The molecule has 0 rings (SSSR count). The summed E-state index contributed by atoms with van der Waals surface area (Å²) >= 11 is 0.931. The number of halogens is 3. The van der Waals surface area contributed by atoms with Crippen molar-refractivity contribution in [2.24, 2.45) is 5.73 Å². The predicted octanol–water partition coefficient (Wildman–Crippen LogP) is -1.15. The van der Waals surface area contributed by atoms with Crippen LogP contribution in [0.25, 0.3) is 0 Å². The van der Waals surface area contributed by atoms with Gasteiger partial charge in [-0.05, 0) is 18.6 Å². The van der Waals surface area contributed by atoms with Crippen LogP contribution in [0.5, 0.6) is 0 Å². The summed E-state index contributed by atoms with van der Waals surface area (Å²) in [5.74, 6) is 0. The van der Waals surface area contributed by atoms with Gasteiger partial charge in [-0.25, -0.2) is 0 Å². The Morgan fingerprint density at radius 1 is 1.42 bits per heavy atom. The Balaban J connectivity index is 0. The summed E-state index contributed by atoms with van der Waals surface area (Å²) in [7, 11) is 0. The van der Waals surface area contributed by atoms with Gasteiger partial charge in [0.25, 0.3) is 0 Å². The van der Waals surface area contributed by atoms with Crippen molar-refractivity contribution >= 4 is 18.7 Å². The van der Waals surface area contributed by atoms with E-state index >= 15 is 0 Å². The van der Waals surface area contributed by atoms with Crippen LogP contribution in [0.3, 0.4) is 0 Å². The molecule has 0 aliphatic carbocycles. The van der Waals surface area contributed by atoms with E-state index in [1.165, 1.54) is 0 Å². The summed E-state index contributed by atoms with van der Waals surface area (Å²) in [6.07, 6.45) is 0.650. The van der Waals surface area contributed by atoms with Gasteiger partial charge in [0.1, 0.15) is 0 Å². The molecular weight excluding hydrogens is 213 g/mol. The molecule has 1 unspecified atom stereocenters. The minimum Gasteiger partial charge on any atom is -0.448 e. The molecule has 0 saturated carbocycles. The first kappa shape index (κ1) is 16.2. The van der Waals surface area contributed by atoms with Crippen LogP contribution in [0.1, 0.15) is 13.3 Å². The van der Waals surface area contributed by atoms with E-state index in [0.717, 1.165) is 11.8 Å². The molecular formula is C5H12BF3KNS. The van der Waals surface area contributed by atoms with Crippen LogP contribution in [0, 0.1) is 0 Å². The van der Waals surface area contributed by atoms with E-state index in [1.807, 2.05) is 0 Å². The van der Waals surface area contributed by atoms with Crippen LogP contribution in [0.15, 0.2) is 0 Å². The molecule has 12 heavy (non-hydrogen) atoms. The smallest absolute Gasteiger partial charge is 0.448 e. The number of rotatable bonds is 5. The minimum atomic E-state index is -4.62. The zero-order valence-corrected chi connectivity index (χ0v) is 11.3. The number of nitrogens with two attached hydrogens (primary N) is 1. The molecule has 0 amide bonds. The predicted molar refractivity (Wildman–Crippen MR) is 44.7 cm³/mol. The van der Waals surface area contributed by atoms with Crippen molar-refractivity contribution in [3.8, 4) is 0 Å². The molecule has 2 N–H and O–H groups in total. The topological polar surface area (TPSA) is 26.0 Å². The first-order valence-corrected chi connectivity index (χ1v) is 4.53. The Labute approximate surface area is 118 Å². The van der Waals surface area contributed by atoms with Gasteiger partial charge in [0.15, 0.2) is 0 Å². The number of hydrogen-bond donors (Lipinski definition) is 1. The van der Waals surface area contributed by atoms with Crippen LogP contribution in [0.4, 0.5) is 12.9 Å². The molecule has 0 aromatic heterocycles. The number of hydrogen-bond acceptors (Lipinski definition) is 2. The SMILES string of the molecule is CC(CCN)SC[B-](F)(F)F.[K+]. The fourth-order valence-corrected chi connectivity index (χ4v) is 1.44. The summed E-state index contributed by atoms with van der Waals surface area (Å²) in [6.45, 7) is -2.40. The Bertz CT molecular complexity index is 113. The summed E-state index contributed by atoms with van der Waals surface area (Å²) in [5.41, 5.74) is 4.47. The summed E-state index contributed by atoms with van der Waals surface area (Å²) < 4.78 is 35.0. The third-order valence-electron chi connectivity index (χ3n) is 1.14. The summed E-state index contributed by atoms with van der Waals surface area (Å²) in [5, 5.41) is 0.0171. The Morgan fingerprint density at radius 3 is 2.25 bits per heavy atom. The maximum atomic E-state index is 11.7. The fourth-order valence-electron chi connectivity index (χ4n) is 0.591. The Morgan fingerprint density at radius 2 is 1.92 bits per heavy atom. The fraction of sp³-hybridized carbons (Fsp3) is 1.00. The molecule has 0 heterocycles. The van der Waals surface area contributed by atoms with Gasteiger partial charge in [0.2, 0.25) is 0 Å². The van der Waals surface area contributed by atoms with Gasteiger partial charge in [-0.1, -0.05) is 6.92 Å². The van der Waals surface area contributed by atoms with Crippen molar-refractivity contribution in [3.63, 3.8) is 0 Å². The van der Waals surface area contributed by atoms with Crippen LogP contribution < -0.4 is 57.1 Å². The molecule has 1 nitrogen and oxygen atoms in total. The van der Waals surface area contributed by atoms with E-state index in [9.17, 15) is 12.9 Å². The molecule has 1 atom stereocenters.